The van der Waals surface area contributed by atoms with E-state index in [-0.39, 0.29) is 17.2 Å². The minimum Gasteiger partial charge on any atom is -0.491 e. The molecule has 1 N–H and O–H groups in total. The highest BCUT2D eigenvalue weighted by Gasteiger charge is 2.11. The smallest absolute Gasteiger partial charge is 0.274 e. The molecule has 0 bridgehead atoms. The zero-order chi connectivity index (χ0) is 18.2. The maximum Gasteiger partial charge on any atom is 0.274 e. The van der Waals surface area contributed by atoms with Gasteiger partial charge in [0.25, 0.3) is 5.91 Å². The van der Waals surface area contributed by atoms with Crippen LogP contribution in [0.3, 0.4) is 0 Å². The molecule has 6 heteroatoms. The molecule has 0 aliphatic rings. The number of halogens is 1. The Hall–Kier alpha value is -3.20. The Labute approximate surface area is 145 Å². The third-order valence-electron chi connectivity index (χ3n) is 3.51. The normalized spacial score (nSPS) is 11.8. The lowest BCUT2D eigenvalue weighted by molar-refractivity contribution is 0.0951. The van der Waals surface area contributed by atoms with Crippen molar-refractivity contribution in [3.8, 4) is 11.8 Å². The molecule has 0 saturated heterocycles. The van der Waals surface area contributed by atoms with E-state index in [4.69, 9.17) is 10.00 Å². The third kappa shape index (κ3) is 5.15. The zero-order valence-corrected chi connectivity index (χ0v) is 14.0. The van der Waals surface area contributed by atoms with Crippen LogP contribution in [0.5, 0.6) is 5.75 Å². The summed E-state index contributed by atoms with van der Waals surface area (Å²) < 4.78 is 19.4. The lowest BCUT2D eigenvalue weighted by atomic mass is 10.1. The Bertz CT molecular complexity index is 810. The van der Waals surface area contributed by atoms with E-state index in [1.54, 1.807) is 18.2 Å². The topological polar surface area (TPSA) is 74.5 Å². The molecular weight excluding hydrogens is 321 g/mol. The first kappa shape index (κ1) is 18.1. The van der Waals surface area contributed by atoms with Crippen LogP contribution in [0.25, 0.3) is 0 Å². The number of carbonyl (C=O) groups excluding carboxylic acids is 1. The molecule has 0 radical (unpaired) electrons. The monoisotopic (exact) mass is 339 g/mol. The van der Waals surface area contributed by atoms with Crippen LogP contribution in [-0.4, -0.2) is 18.2 Å². The Morgan fingerprint density at radius 3 is 2.68 bits per heavy atom. The van der Waals surface area contributed by atoms with Gasteiger partial charge in [0.2, 0.25) is 0 Å². The van der Waals surface area contributed by atoms with Gasteiger partial charge >= 0.3 is 0 Å². The summed E-state index contributed by atoms with van der Waals surface area (Å²) in [5, 5.41) is 12.5. The fourth-order valence-electron chi connectivity index (χ4n) is 1.94. The summed E-state index contributed by atoms with van der Waals surface area (Å²) in [7, 11) is 0. The molecule has 2 aromatic carbocycles. The molecule has 0 fully saturated rings. The zero-order valence-electron chi connectivity index (χ0n) is 14.0. The van der Waals surface area contributed by atoms with Crippen molar-refractivity contribution in [3.05, 3.63) is 65.0 Å². The molecule has 128 valence electrons. The van der Waals surface area contributed by atoms with E-state index in [0.29, 0.717) is 0 Å². The van der Waals surface area contributed by atoms with Crippen LogP contribution in [0.2, 0.25) is 0 Å². The third-order valence-corrected chi connectivity index (χ3v) is 3.51. The molecular formula is C19H18FN3O2. The number of nitriles is 1. The van der Waals surface area contributed by atoms with Gasteiger partial charge in [0.1, 0.15) is 11.6 Å². The molecule has 0 saturated carbocycles. The van der Waals surface area contributed by atoms with Gasteiger partial charge in [0.05, 0.1) is 29.5 Å². The number of hydrazone groups is 1. The van der Waals surface area contributed by atoms with Crippen molar-refractivity contribution in [3.63, 3.8) is 0 Å². The molecule has 5 nitrogen and oxygen atoms in total. The second-order valence-electron chi connectivity index (χ2n) is 5.41. The number of carbonyl (C=O) groups is 1. The van der Waals surface area contributed by atoms with Crippen LogP contribution >= 0.6 is 0 Å². The highest BCUT2D eigenvalue weighted by atomic mass is 19.1. The minimum atomic E-state index is -0.765. The number of hydrogen-bond acceptors (Lipinski definition) is 4. The summed E-state index contributed by atoms with van der Waals surface area (Å²) in [6.07, 6.45) is 2.51. The van der Waals surface area contributed by atoms with Crippen molar-refractivity contribution in [2.75, 3.05) is 0 Å². The number of nitrogens with zero attached hydrogens (tertiary/aromatic N) is 2. The summed E-state index contributed by atoms with van der Waals surface area (Å²) >= 11 is 0. The van der Waals surface area contributed by atoms with Crippen molar-refractivity contribution in [2.45, 2.75) is 26.4 Å². The Kier molecular flexibility index (Phi) is 6.24. The summed E-state index contributed by atoms with van der Waals surface area (Å²) in [5.41, 5.74) is 3.00. The highest BCUT2D eigenvalue weighted by Crippen LogP contribution is 2.14. The second-order valence-corrected chi connectivity index (χ2v) is 5.41. The van der Waals surface area contributed by atoms with Crippen LogP contribution in [-0.2, 0) is 0 Å². The number of rotatable bonds is 6. The van der Waals surface area contributed by atoms with E-state index in [1.807, 2.05) is 26.0 Å². The van der Waals surface area contributed by atoms with Gasteiger partial charge in [-0.05, 0) is 61.4 Å². The van der Waals surface area contributed by atoms with Gasteiger partial charge in [0, 0.05) is 0 Å². The molecule has 1 atom stereocenters. The van der Waals surface area contributed by atoms with Gasteiger partial charge in [-0.15, -0.1) is 0 Å². The van der Waals surface area contributed by atoms with Gasteiger partial charge in [0.15, 0.2) is 0 Å². The van der Waals surface area contributed by atoms with Gasteiger partial charge < -0.3 is 4.74 Å². The Balaban J connectivity index is 1.96. The molecule has 0 spiro atoms. The number of amides is 1. The molecule has 0 unspecified atom stereocenters. The first-order valence-electron chi connectivity index (χ1n) is 7.83. The summed E-state index contributed by atoms with van der Waals surface area (Å²) in [6, 6.07) is 12.7. The van der Waals surface area contributed by atoms with Gasteiger partial charge in [-0.1, -0.05) is 6.92 Å². The van der Waals surface area contributed by atoms with Crippen molar-refractivity contribution in [1.29, 1.82) is 5.26 Å². The standard InChI is InChI=1S/C19H18FN3O2/c1-3-13(2)25-16-7-4-14(5-8-16)12-22-23-19(24)17-9-6-15(11-21)10-18(17)20/h4-10,12-13H,3H2,1-2H3,(H,23,24)/b22-12-/t13-/m0/s1. The number of nitrogens with one attached hydrogen (secondary N) is 1. The van der Waals surface area contributed by atoms with Gasteiger partial charge in [-0.2, -0.15) is 10.4 Å². The van der Waals surface area contributed by atoms with Gasteiger partial charge in [-0.25, -0.2) is 9.82 Å². The molecule has 2 rings (SSSR count). The average molecular weight is 339 g/mol. The molecule has 0 aliphatic carbocycles. The van der Waals surface area contributed by atoms with Crippen LogP contribution in [0.1, 0.15) is 41.8 Å². The van der Waals surface area contributed by atoms with Gasteiger partial charge in [-0.3, -0.25) is 4.79 Å². The SMILES string of the molecule is CC[C@H](C)Oc1ccc(/C=N\NC(=O)c2ccc(C#N)cc2F)cc1. The van der Waals surface area contributed by atoms with Crippen LogP contribution in [0.15, 0.2) is 47.6 Å². The largest absolute Gasteiger partial charge is 0.491 e. The summed E-state index contributed by atoms with van der Waals surface area (Å²) in [4.78, 5) is 11.9. The maximum absolute atomic E-state index is 13.7. The highest BCUT2D eigenvalue weighted by molar-refractivity contribution is 5.95. The first-order valence-corrected chi connectivity index (χ1v) is 7.83. The summed E-state index contributed by atoms with van der Waals surface area (Å²) in [5.74, 6) is -0.691. The fraction of sp³-hybridized carbons (Fsp3) is 0.211. The molecule has 25 heavy (non-hydrogen) atoms. The second kappa shape index (κ2) is 8.60. The molecule has 0 aromatic heterocycles. The quantitative estimate of drug-likeness (QED) is 0.645. The van der Waals surface area contributed by atoms with E-state index in [0.717, 1.165) is 23.8 Å². The number of ether oxygens (including phenoxy) is 1. The van der Waals surface area contributed by atoms with E-state index in [9.17, 15) is 9.18 Å². The van der Waals surface area contributed by atoms with Crippen molar-refractivity contribution < 1.29 is 13.9 Å². The van der Waals surface area contributed by atoms with E-state index >= 15 is 0 Å². The molecule has 1 amide bonds. The van der Waals surface area contributed by atoms with Crippen LogP contribution in [0, 0.1) is 17.1 Å². The fourth-order valence-corrected chi connectivity index (χ4v) is 1.94. The summed E-state index contributed by atoms with van der Waals surface area (Å²) in [6.45, 7) is 4.04. The van der Waals surface area contributed by atoms with Crippen molar-refractivity contribution in [2.24, 2.45) is 5.10 Å². The van der Waals surface area contributed by atoms with E-state index in [1.165, 1.54) is 18.3 Å². The van der Waals surface area contributed by atoms with E-state index in [2.05, 4.69) is 10.5 Å². The molecule has 2 aromatic rings. The van der Waals surface area contributed by atoms with Crippen LogP contribution in [0.4, 0.5) is 4.39 Å². The lowest BCUT2D eigenvalue weighted by Gasteiger charge is -2.12. The average Bonchev–Trinajstić information content (AvgIpc) is 2.62. The van der Waals surface area contributed by atoms with Crippen molar-refractivity contribution >= 4 is 12.1 Å². The predicted molar refractivity (Wildman–Crippen MR) is 93.0 cm³/mol. The molecule has 0 aliphatic heterocycles. The first-order chi connectivity index (χ1) is 12.0. The maximum atomic E-state index is 13.7. The number of hydrogen-bond donors (Lipinski definition) is 1. The number of benzene rings is 2. The predicted octanol–water partition coefficient (Wildman–Crippen LogP) is 3.64. The minimum absolute atomic E-state index is 0.140. The lowest BCUT2D eigenvalue weighted by Crippen LogP contribution is -2.19. The molecule has 0 heterocycles. The van der Waals surface area contributed by atoms with Crippen molar-refractivity contribution in [1.82, 2.24) is 5.43 Å². The van der Waals surface area contributed by atoms with E-state index < -0.39 is 11.7 Å². The van der Waals surface area contributed by atoms with Crippen LogP contribution < -0.4 is 10.2 Å². The Morgan fingerprint density at radius 2 is 2.08 bits per heavy atom. The Morgan fingerprint density at radius 1 is 1.36 bits per heavy atom.